The van der Waals surface area contributed by atoms with Crippen LogP contribution in [0.15, 0.2) is 22.7 Å². The Morgan fingerprint density at radius 2 is 2.10 bits per heavy atom. The first-order valence-electron chi connectivity index (χ1n) is 6.74. The van der Waals surface area contributed by atoms with E-state index in [1.165, 1.54) is 0 Å². The Hall–Kier alpha value is -1.07. The third-order valence-electron chi connectivity index (χ3n) is 3.90. The first-order valence-corrected chi connectivity index (χ1v) is 7.53. The topological polar surface area (TPSA) is 66.8 Å². The first kappa shape index (κ1) is 15.3. The van der Waals surface area contributed by atoms with Gasteiger partial charge < -0.3 is 14.9 Å². The second-order valence-electron chi connectivity index (χ2n) is 5.54. The van der Waals surface area contributed by atoms with Crippen molar-refractivity contribution in [3.63, 3.8) is 0 Å². The Morgan fingerprint density at radius 1 is 1.45 bits per heavy atom. The minimum absolute atomic E-state index is 0.209. The summed E-state index contributed by atoms with van der Waals surface area (Å²) in [6, 6.07) is 5.68. The molecule has 1 aliphatic rings. The molecule has 0 saturated heterocycles. The second kappa shape index (κ2) is 6.14. The van der Waals surface area contributed by atoms with Gasteiger partial charge in [-0.05, 0) is 56.4 Å². The van der Waals surface area contributed by atoms with Gasteiger partial charge in [-0.3, -0.25) is 4.79 Å². The van der Waals surface area contributed by atoms with Gasteiger partial charge in [0.05, 0.1) is 11.5 Å². The predicted octanol–water partition coefficient (Wildman–Crippen LogP) is 3.14. The van der Waals surface area contributed by atoms with Gasteiger partial charge in [0.25, 0.3) is 0 Å². The molecule has 0 aromatic heterocycles. The van der Waals surface area contributed by atoms with Crippen LogP contribution in [0.4, 0.5) is 0 Å². The normalized spacial score (nSPS) is 26.2. The summed E-state index contributed by atoms with van der Waals surface area (Å²) in [6.07, 6.45) is 1.96. The van der Waals surface area contributed by atoms with Gasteiger partial charge in [-0.15, -0.1) is 0 Å². The summed E-state index contributed by atoms with van der Waals surface area (Å²) in [7, 11) is 0. The molecule has 1 fully saturated rings. The Labute approximate surface area is 126 Å². The molecule has 2 rings (SSSR count). The number of benzene rings is 1. The van der Waals surface area contributed by atoms with Gasteiger partial charge in [-0.25, -0.2) is 0 Å². The van der Waals surface area contributed by atoms with Gasteiger partial charge in [0, 0.05) is 4.47 Å². The van der Waals surface area contributed by atoms with Crippen LogP contribution in [0.5, 0.6) is 5.75 Å². The fourth-order valence-corrected chi connectivity index (χ4v) is 2.72. The minimum atomic E-state index is -0.910. The van der Waals surface area contributed by atoms with Crippen molar-refractivity contribution < 1.29 is 19.7 Å². The van der Waals surface area contributed by atoms with E-state index < -0.39 is 11.6 Å². The van der Waals surface area contributed by atoms with Gasteiger partial charge in [0.1, 0.15) is 12.4 Å². The van der Waals surface area contributed by atoms with Crippen LogP contribution >= 0.6 is 15.9 Å². The second-order valence-corrected chi connectivity index (χ2v) is 6.39. The maximum Gasteiger partial charge on any atom is 0.306 e. The molecule has 0 aliphatic heterocycles. The van der Waals surface area contributed by atoms with Crippen LogP contribution < -0.4 is 4.74 Å². The number of carboxylic acid groups (broad SMARTS) is 1. The van der Waals surface area contributed by atoms with E-state index in [4.69, 9.17) is 9.84 Å². The molecule has 1 aromatic carbocycles. The summed E-state index contributed by atoms with van der Waals surface area (Å²) in [5.74, 6) is -0.374. The largest absolute Gasteiger partial charge is 0.491 e. The van der Waals surface area contributed by atoms with E-state index >= 15 is 0 Å². The molecule has 5 heteroatoms. The van der Waals surface area contributed by atoms with Gasteiger partial charge in [-0.2, -0.15) is 0 Å². The number of aliphatic hydroxyl groups is 1. The van der Waals surface area contributed by atoms with Gasteiger partial charge in [0.15, 0.2) is 0 Å². The van der Waals surface area contributed by atoms with Crippen molar-refractivity contribution in [1.82, 2.24) is 0 Å². The highest BCUT2D eigenvalue weighted by atomic mass is 79.9. The maximum absolute atomic E-state index is 10.9. The summed E-state index contributed by atoms with van der Waals surface area (Å²) in [5.41, 5.74) is 0.163. The molecule has 0 spiro atoms. The third kappa shape index (κ3) is 3.73. The fraction of sp³-hybridized carbons (Fsp3) is 0.533. The molecule has 0 unspecified atom stereocenters. The van der Waals surface area contributed by atoms with Crippen LogP contribution in [0.25, 0.3) is 0 Å². The molecule has 2 N–H and O–H groups in total. The van der Waals surface area contributed by atoms with E-state index in [-0.39, 0.29) is 12.5 Å². The predicted molar refractivity (Wildman–Crippen MR) is 78.9 cm³/mol. The molecule has 0 atom stereocenters. The molecule has 0 heterocycles. The quantitative estimate of drug-likeness (QED) is 0.881. The van der Waals surface area contributed by atoms with Crippen LogP contribution in [-0.4, -0.2) is 28.4 Å². The maximum atomic E-state index is 10.9. The smallest absolute Gasteiger partial charge is 0.306 e. The van der Waals surface area contributed by atoms with Crippen molar-refractivity contribution >= 4 is 21.9 Å². The van der Waals surface area contributed by atoms with Crippen LogP contribution in [0.2, 0.25) is 0 Å². The number of carbonyl (C=O) groups is 1. The van der Waals surface area contributed by atoms with Crippen molar-refractivity contribution in [3.05, 3.63) is 28.2 Å². The molecule has 0 amide bonds. The summed E-state index contributed by atoms with van der Waals surface area (Å²) >= 11 is 3.43. The summed E-state index contributed by atoms with van der Waals surface area (Å²) in [6.45, 7) is 2.18. The van der Waals surface area contributed by atoms with Crippen LogP contribution in [0.1, 0.15) is 31.2 Å². The number of ether oxygens (including phenoxy) is 1. The highest BCUT2D eigenvalue weighted by Gasteiger charge is 2.36. The van der Waals surface area contributed by atoms with Crippen molar-refractivity contribution in [3.8, 4) is 5.75 Å². The number of hydrogen-bond acceptors (Lipinski definition) is 3. The summed E-state index contributed by atoms with van der Waals surface area (Å²) in [5, 5.41) is 19.4. The zero-order chi connectivity index (χ0) is 14.8. The van der Waals surface area contributed by atoms with Crippen molar-refractivity contribution in [2.45, 2.75) is 38.2 Å². The lowest BCUT2D eigenvalue weighted by Gasteiger charge is -2.34. The van der Waals surface area contributed by atoms with Crippen LogP contribution in [-0.2, 0) is 4.79 Å². The molecule has 0 bridgehead atoms. The lowest BCUT2D eigenvalue weighted by atomic mass is 9.79. The van der Waals surface area contributed by atoms with Gasteiger partial charge in [-0.1, -0.05) is 15.9 Å². The van der Waals surface area contributed by atoms with Crippen molar-refractivity contribution in [2.75, 3.05) is 6.61 Å². The van der Waals surface area contributed by atoms with E-state index in [1.807, 2.05) is 25.1 Å². The highest BCUT2D eigenvalue weighted by molar-refractivity contribution is 9.10. The molecule has 1 aromatic rings. The number of aliphatic carboxylic acids is 1. The third-order valence-corrected chi connectivity index (χ3v) is 4.79. The van der Waals surface area contributed by atoms with E-state index in [2.05, 4.69) is 15.9 Å². The molecule has 110 valence electrons. The van der Waals surface area contributed by atoms with Crippen molar-refractivity contribution in [1.29, 1.82) is 0 Å². The number of rotatable bonds is 4. The average Bonchev–Trinajstić information content (AvgIpc) is 2.41. The van der Waals surface area contributed by atoms with Crippen molar-refractivity contribution in [2.24, 2.45) is 5.92 Å². The van der Waals surface area contributed by atoms with E-state index in [1.54, 1.807) is 0 Å². The van der Waals surface area contributed by atoms with Gasteiger partial charge in [0.2, 0.25) is 0 Å². The first-order chi connectivity index (χ1) is 9.39. The Kier molecular flexibility index (Phi) is 4.70. The fourth-order valence-electron chi connectivity index (χ4n) is 2.47. The number of halogens is 1. The lowest BCUT2D eigenvalue weighted by Crippen LogP contribution is -2.41. The zero-order valence-corrected chi connectivity index (χ0v) is 13.0. The van der Waals surface area contributed by atoms with Gasteiger partial charge >= 0.3 is 5.97 Å². The molecule has 1 saturated carbocycles. The number of carboxylic acids is 1. The Balaban J connectivity index is 1.90. The monoisotopic (exact) mass is 342 g/mol. The molecular weight excluding hydrogens is 324 g/mol. The Morgan fingerprint density at radius 3 is 2.65 bits per heavy atom. The zero-order valence-electron chi connectivity index (χ0n) is 11.4. The highest BCUT2D eigenvalue weighted by Crippen LogP contribution is 2.33. The average molecular weight is 343 g/mol. The number of hydrogen-bond donors (Lipinski definition) is 2. The van der Waals surface area contributed by atoms with E-state index in [0.717, 1.165) is 15.8 Å². The molecule has 0 radical (unpaired) electrons. The molecule has 20 heavy (non-hydrogen) atoms. The molecule has 4 nitrogen and oxygen atoms in total. The standard InChI is InChI=1S/C15H19BrO4/c1-10-8-12(2-3-13(10)16)20-9-15(19)6-4-11(5-7-15)14(17)18/h2-3,8,11,19H,4-7,9H2,1H3,(H,17,18). The van der Waals surface area contributed by atoms with Crippen LogP contribution in [0, 0.1) is 12.8 Å². The van der Waals surface area contributed by atoms with E-state index in [0.29, 0.717) is 25.7 Å². The summed E-state index contributed by atoms with van der Waals surface area (Å²) < 4.78 is 6.68. The molecule has 1 aliphatic carbocycles. The summed E-state index contributed by atoms with van der Waals surface area (Å²) in [4.78, 5) is 10.9. The SMILES string of the molecule is Cc1cc(OCC2(O)CCC(C(=O)O)CC2)ccc1Br. The molecular formula is C15H19BrO4. The Bertz CT molecular complexity index is 493. The van der Waals surface area contributed by atoms with Crippen LogP contribution in [0.3, 0.4) is 0 Å². The van der Waals surface area contributed by atoms with E-state index in [9.17, 15) is 9.90 Å². The minimum Gasteiger partial charge on any atom is -0.491 e. The number of aryl methyl sites for hydroxylation is 1. The lowest BCUT2D eigenvalue weighted by molar-refractivity contribution is -0.145.